The Balaban J connectivity index is 1.62. The zero-order chi connectivity index (χ0) is 21.0. The van der Waals surface area contributed by atoms with Crippen molar-refractivity contribution in [1.29, 1.82) is 0 Å². The van der Waals surface area contributed by atoms with E-state index in [1.165, 1.54) is 30.3 Å². The van der Waals surface area contributed by atoms with E-state index in [9.17, 15) is 13.2 Å². The van der Waals surface area contributed by atoms with Crippen molar-refractivity contribution in [1.82, 2.24) is 5.16 Å². The second kappa shape index (κ2) is 8.54. The third-order valence-electron chi connectivity index (χ3n) is 3.79. The van der Waals surface area contributed by atoms with Crippen molar-refractivity contribution in [3.63, 3.8) is 0 Å². The van der Waals surface area contributed by atoms with Gasteiger partial charge in [-0.2, -0.15) is 0 Å². The van der Waals surface area contributed by atoms with Crippen LogP contribution >= 0.6 is 11.6 Å². The maximum Gasteiger partial charge on any atom is 0.265 e. The van der Waals surface area contributed by atoms with Gasteiger partial charge in [0.05, 0.1) is 4.90 Å². The molecule has 2 aromatic carbocycles. The summed E-state index contributed by atoms with van der Waals surface area (Å²) in [6.45, 7) is 3.26. The van der Waals surface area contributed by atoms with E-state index in [4.69, 9.17) is 20.9 Å². The zero-order valence-electron chi connectivity index (χ0n) is 15.5. The largest absolute Gasteiger partial charge is 0.481 e. The molecule has 0 aliphatic rings. The molecule has 0 saturated carbocycles. The van der Waals surface area contributed by atoms with Crippen LogP contribution in [0.15, 0.2) is 64.0 Å². The second-order valence-electron chi connectivity index (χ2n) is 6.16. The third kappa shape index (κ3) is 5.49. The number of ether oxygens (including phenoxy) is 1. The number of sulfonamides is 1. The number of nitrogens with zero attached hydrogens (tertiary/aromatic N) is 1. The van der Waals surface area contributed by atoms with Crippen molar-refractivity contribution in [2.75, 3.05) is 10.0 Å². The summed E-state index contributed by atoms with van der Waals surface area (Å²) in [5.41, 5.74) is 0.429. The number of benzene rings is 2. The SMILES string of the molecule is Cc1cc(NS(=O)(=O)c2ccc(NC(=O)[C@@H](C)Oc3ccc(Cl)cc3)cc2)no1. The van der Waals surface area contributed by atoms with Crippen molar-refractivity contribution in [2.45, 2.75) is 24.8 Å². The third-order valence-corrected chi connectivity index (χ3v) is 5.42. The van der Waals surface area contributed by atoms with Crippen molar-refractivity contribution >= 4 is 39.0 Å². The highest BCUT2D eigenvalue weighted by Crippen LogP contribution is 2.20. The van der Waals surface area contributed by atoms with Crippen LogP contribution in [0.5, 0.6) is 5.75 Å². The van der Waals surface area contributed by atoms with Gasteiger partial charge in [0, 0.05) is 16.8 Å². The fourth-order valence-corrected chi connectivity index (χ4v) is 3.45. The van der Waals surface area contributed by atoms with Gasteiger partial charge in [-0.05, 0) is 62.4 Å². The van der Waals surface area contributed by atoms with Gasteiger partial charge in [-0.3, -0.25) is 9.52 Å². The second-order valence-corrected chi connectivity index (χ2v) is 8.27. The number of carbonyl (C=O) groups is 1. The number of hydrogen-bond acceptors (Lipinski definition) is 6. The maximum absolute atomic E-state index is 12.4. The first-order valence-electron chi connectivity index (χ1n) is 8.52. The summed E-state index contributed by atoms with van der Waals surface area (Å²) in [6, 6.07) is 13.8. The first-order valence-corrected chi connectivity index (χ1v) is 10.4. The number of carbonyl (C=O) groups excluding carboxylic acids is 1. The van der Waals surface area contributed by atoms with Gasteiger partial charge in [-0.25, -0.2) is 8.42 Å². The molecule has 0 unspecified atom stereocenters. The van der Waals surface area contributed by atoms with Crippen molar-refractivity contribution in [3.8, 4) is 5.75 Å². The van der Waals surface area contributed by atoms with Crippen molar-refractivity contribution in [3.05, 3.63) is 65.4 Å². The number of anilines is 2. The Labute approximate surface area is 172 Å². The number of aromatic nitrogens is 1. The van der Waals surface area contributed by atoms with E-state index in [2.05, 4.69) is 15.2 Å². The lowest BCUT2D eigenvalue weighted by atomic mass is 10.3. The molecule has 0 spiro atoms. The van der Waals surface area contributed by atoms with E-state index in [0.717, 1.165) is 0 Å². The Morgan fingerprint density at radius 1 is 1.14 bits per heavy atom. The summed E-state index contributed by atoms with van der Waals surface area (Å²) in [5.74, 6) is 0.697. The lowest BCUT2D eigenvalue weighted by Crippen LogP contribution is -2.30. The van der Waals surface area contributed by atoms with Gasteiger partial charge in [0.25, 0.3) is 15.9 Å². The average molecular weight is 436 g/mol. The molecule has 1 atom stereocenters. The molecular formula is C19H18ClN3O5S. The molecule has 0 bridgehead atoms. The highest BCUT2D eigenvalue weighted by atomic mass is 35.5. The molecule has 1 aromatic heterocycles. The molecule has 0 aliphatic heterocycles. The number of halogens is 1. The van der Waals surface area contributed by atoms with E-state index in [0.29, 0.717) is 22.2 Å². The van der Waals surface area contributed by atoms with Gasteiger partial charge in [0.15, 0.2) is 11.9 Å². The van der Waals surface area contributed by atoms with Crippen LogP contribution in [-0.4, -0.2) is 25.6 Å². The van der Waals surface area contributed by atoms with Crippen molar-refractivity contribution in [2.24, 2.45) is 0 Å². The summed E-state index contributed by atoms with van der Waals surface area (Å²) in [7, 11) is -3.83. The van der Waals surface area contributed by atoms with Crippen LogP contribution in [0.3, 0.4) is 0 Å². The Morgan fingerprint density at radius 2 is 1.79 bits per heavy atom. The molecule has 0 saturated heterocycles. The van der Waals surface area contributed by atoms with Crippen LogP contribution in [0.1, 0.15) is 12.7 Å². The Morgan fingerprint density at radius 3 is 2.38 bits per heavy atom. The first kappa shape index (κ1) is 20.7. The molecule has 3 aromatic rings. The molecular weight excluding hydrogens is 418 g/mol. The Bertz CT molecular complexity index is 1100. The summed E-state index contributed by atoms with van der Waals surface area (Å²) < 4.78 is 37.5. The lowest BCUT2D eigenvalue weighted by Gasteiger charge is -2.15. The molecule has 1 amide bonds. The minimum Gasteiger partial charge on any atom is -0.481 e. The van der Waals surface area contributed by atoms with Gasteiger partial charge in [-0.15, -0.1) is 0 Å². The van der Waals surface area contributed by atoms with Crippen LogP contribution < -0.4 is 14.8 Å². The molecule has 0 radical (unpaired) electrons. The Kier molecular flexibility index (Phi) is 6.09. The molecule has 0 fully saturated rings. The van der Waals surface area contributed by atoms with E-state index < -0.39 is 16.1 Å². The van der Waals surface area contributed by atoms with Crippen LogP contribution in [0.25, 0.3) is 0 Å². The van der Waals surface area contributed by atoms with E-state index >= 15 is 0 Å². The predicted molar refractivity (Wildman–Crippen MR) is 109 cm³/mol. The number of hydrogen-bond donors (Lipinski definition) is 2. The summed E-state index contributed by atoms with van der Waals surface area (Å²) in [5, 5.41) is 6.84. The highest BCUT2D eigenvalue weighted by Gasteiger charge is 2.18. The van der Waals surface area contributed by atoms with Crippen LogP contribution in [-0.2, 0) is 14.8 Å². The number of nitrogens with one attached hydrogen (secondary N) is 2. The summed E-state index contributed by atoms with van der Waals surface area (Å²) in [6.07, 6.45) is -0.767. The fourth-order valence-electron chi connectivity index (χ4n) is 2.34. The quantitative estimate of drug-likeness (QED) is 0.583. The predicted octanol–water partition coefficient (Wildman–Crippen LogP) is 3.84. The molecule has 8 nitrogen and oxygen atoms in total. The van der Waals surface area contributed by atoms with Crippen LogP contribution in [0.4, 0.5) is 11.5 Å². The molecule has 3 rings (SSSR count). The van der Waals surface area contributed by atoms with Gasteiger partial charge >= 0.3 is 0 Å². The molecule has 1 heterocycles. The van der Waals surface area contributed by atoms with Gasteiger partial charge in [0.1, 0.15) is 11.5 Å². The molecule has 2 N–H and O–H groups in total. The molecule has 10 heteroatoms. The topological polar surface area (TPSA) is 111 Å². The fraction of sp³-hybridized carbons (Fsp3) is 0.158. The smallest absolute Gasteiger partial charge is 0.265 e. The first-order chi connectivity index (χ1) is 13.7. The van der Waals surface area contributed by atoms with E-state index in [-0.39, 0.29) is 16.6 Å². The molecule has 29 heavy (non-hydrogen) atoms. The minimum absolute atomic E-state index is 0.0154. The van der Waals surface area contributed by atoms with Gasteiger partial charge in [0.2, 0.25) is 0 Å². The van der Waals surface area contributed by atoms with Crippen LogP contribution in [0, 0.1) is 6.92 Å². The lowest BCUT2D eigenvalue weighted by molar-refractivity contribution is -0.122. The average Bonchev–Trinajstić information content (AvgIpc) is 3.08. The molecule has 152 valence electrons. The Hall–Kier alpha value is -3.04. The van der Waals surface area contributed by atoms with Crippen molar-refractivity contribution < 1.29 is 22.5 Å². The number of amides is 1. The maximum atomic E-state index is 12.4. The summed E-state index contributed by atoms with van der Waals surface area (Å²) in [4.78, 5) is 12.3. The zero-order valence-corrected chi connectivity index (χ0v) is 17.1. The number of rotatable bonds is 7. The normalized spacial score (nSPS) is 12.2. The van der Waals surface area contributed by atoms with Crippen LogP contribution in [0.2, 0.25) is 5.02 Å². The molecule has 0 aliphatic carbocycles. The standard InChI is InChI=1S/C19H18ClN3O5S/c1-12-11-18(22-28-12)23-29(25,26)17-9-5-15(6-10-17)21-19(24)13(2)27-16-7-3-14(20)4-8-16/h3-11,13H,1-2H3,(H,21,24)(H,22,23)/t13-/m1/s1. The van der Waals surface area contributed by atoms with Gasteiger partial charge in [-0.1, -0.05) is 16.8 Å². The van der Waals surface area contributed by atoms with E-state index in [1.54, 1.807) is 38.1 Å². The monoisotopic (exact) mass is 435 g/mol. The highest BCUT2D eigenvalue weighted by molar-refractivity contribution is 7.92. The summed E-state index contributed by atoms with van der Waals surface area (Å²) >= 11 is 5.82. The minimum atomic E-state index is -3.83. The van der Waals surface area contributed by atoms with Gasteiger partial charge < -0.3 is 14.6 Å². The van der Waals surface area contributed by atoms with E-state index in [1.807, 2.05) is 0 Å². The number of aryl methyl sites for hydroxylation is 1.